The Balaban J connectivity index is 1.98. The van der Waals surface area contributed by atoms with E-state index >= 15 is 0 Å². The molecule has 4 nitrogen and oxygen atoms in total. The zero-order chi connectivity index (χ0) is 14.5. The molecule has 2 aromatic carbocycles. The van der Waals surface area contributed by atoms with Gasteiger partial charge in [-0.05, 0) is 30.3 Å². The topological polar surface area (TPSA) is 52.6 Å². The molecule has 2 rings (SSSR count). The third-order valence-electron chi connectivity index (χ3n) is 2.93. The average molecular weight is 274 g/mol. The molecule has 0 aliphatic carbocycles. The van der Waals surface area contributed by atoms with E-state index in [1.807, 2.05) is 0 Å². The Bertz CT molecular complexity index is 599. The maximum absolute atomic E-state index is 13.4. The summed E-state index contributed by atoms with van der Waals surface area (Å²) in [5, 5.41) is 11.8. The van der Waals surface area contributed by atoms with Crippen LogP contribution in [0.3, 0.4) is 0 Å². The highest BCUT2D eigenvalue weighted by molar-refractivity contribution is 5.91. The first-order valence-electron chi connectivity index (χ1n) is 6.12. The van der Waals surface area contributed by atoms with Gasteiger partial charge in [0.15, 0.2) is 0 Å². The van der Waals surface area contributed by atoms with Crippen LogP contribution in [0.1, 0.15) is 5.56 Å². The molecule has 0 atom stereocenters. The zero-order valence-corrected chi connectivity index (χ0v) is 11.0. The van der Waals surface area contributed by atoms with E-state index in [0.29, 0.717) is 11.3 Å². The summed E-state index contributed by atoms with van der Waals surface area (Å²) in [6.45, 7) is 0.119. The molecule has 0 saturated carbocycles. The molecule has 0 fully saturated rings. The Labute approximate surface area is 116 Å². The summed E-state index contributed by atoms with van der Waals surface area (Å²) in [5.74, 6) is -0.214. The minimum atomic E-state index is -0.348. The van der Waals surface area contributed by atoms with Crippen LogP contribution < -0.4 is 10.2 Å². The van der Waals surface area contributed by atoms with Gasteiger partial charge in [0.2, 0.25) is 0 Å². The van der Waals surface area contributed by atoms with Crippen molar-refractivity contribution in [2.24, 2.45) is 0 Å². The van der Waals surface area contributed by atoms with E-state index in [1.54, 1.807) is 37.4 Å². The van der Waals surface area contributed by atoms with E-state index < -0.39 is 0 Å². The number of hydrogen-bond acceptors (Lipinski definition) is 2. The Hall–Kier alpha value is -2.56. The number of carbonyl (C=O) groups is 1. The number of urea groups is 1. The second-order valence-corrected chi connectivity index (χ2v) is 4.33. The van der Waals surface area contributed by atoms with Crippen LogP contribution >= 0.6 is 0 Å². The Kier molecular flexibility index (Phi) is 4.20. The third kappa shape index (κ3) is 3.26. The number of nitrogens with one attached hydrogen (secondary N) is 1. The minimum Gasteiger partial charge on any atom is -0.508 e. The van der Waals surface area contributed by atoms with E-state index in [0.717, 1.165) is 0 Å². The maximum atomic E-state index is 13.4. The number of halogens is 1. The van der Waals surface area contributed by atoms with Gasteiger partial charge in [0.25, 0.3) is 0 Å². The molecule has 5 heteroatoms. The molecular weight excluding hydrogens is 259 g/mol. The summed E-state index contributed by atoms with van der Waals surface area (Å²) >= 11 is 0. The molecular formula is C15H15FN2O2. The Morgan fingerprint density at radius 2 is 1.85 bits per heavy atom. The van der Waals surface area contributed by atoms with E-state index in [4.69, 9.17) is 0 Å². The third-order valence-corrected chi connectivity index (χ3v) is 2.93. The highest BCUT2D eigenvalue weighted by atomic mass is 19.1. The number of nitrogens with zero attached hydrogens (tertiary/aromatic N) is 1. The fourth-order valence-electron chi connectivity index (χ4n) is 1.72. The van der Waals surface area contributed by atoms with Gasteiger partial charge in [-0.15, -0.1) is 0 Å². The number of benzene rings is 2. The van der Waals surface area contributed by atoms with Crippen molar-refractivity contribution in [2.75, 3.05) is 11.9 Å². The van der Waals surface area contributed by atoms with Crippen LogP contribution in [0.2, 0.25) is 0 Å². The van der Waals surface area contributed by atoms with Crippen molar-refractivity contribution in [1.82, 2.24) is 5.32 Å². The van der Waals surface area contributed by atoms with Gasteiger partial charge in [-0.3, -0.25) is 4.90 Å². The molecule has 0 aromatic heterocycles. The van der Waals surface area contributed by atoms with Gasteiger partial charge in [0.1, 0.15) is 11.6 Å². The molecule has 2 N–H and O–H groups in total. The summed E-state index contributed by atoms with van der Waals surface area (Å²) in [4.78, 5) is 13.3. The lowest BCUT2D eigenvalue weighted by atomic mass is 10.2. The summed E-state index contributed by atoms with van der Waals surface area (Å²) in [5.41, 5.74) is 1.06. The van der Waals surface area contributed by atoms with Crippen LogP contribution in [0.5, 0.6) is 5.75 Å². The van der Waals surface area contributed by atoms with Crippen molar-refractivity contribution in [3.63, 3.8) is 0 Å². The van der Waals surface area contributed by atoms with Crippen molar-refractivity contribution in [3.8, 4) is 5.75 Å². The molecule has 104 valence electrons. The van der Waals surface area contributed by atoms with Crippen molar-refractivity contribution in [3.05, 3.63) is 59.9 Å². The van der Waals surface area contributed by atoms with Gasteiger partial charge in [0.05, 0.1) is 0 Å². The predicted molar refractivity (Wildman–Crippen MR) is 75.1 cm³/mol. The van der Waals surface area contributed by atoms with Crippen LogP contribution in [-0.2, 0) is 6.54 Å². The Morgan fingerprint density at radius 3 is 2.50 bits per heavy atom. The quantitative estimate of drug-likeness (QED) is 0.904. The van der Waals surface area contributed by atoms with Crippen molar-refractivity contribution in [1.29, 1.82) is 0 Å². The van der Waals surface area contributed by atoms with E-state index in [-0.39, 0.29) is 24.1 Å². The second kappa shape index (κ2) is 6.06. The van der Waals surface area contributed by atoms with Gasteiger partial charge in [0, 0.05) is 24.8 Å². The molecule has 0 unspecified atom stereocenters. The number of aromatic hydroxyl groups is 1. The number of phenols is 1. The van der Waals surface area contributed by atoms with Gasteiger partial charge in [-0.25, -0.2) is 9.18 Å². The van der Waals surface area contributed by atoms with Gasteiger partial charge in [-0.1, -0.05) is 18.2 Å². The number of carbonyl (C=O) groups excluding carboxylic acids is 1. The molecule has 0 saturated heterocycles. The molecule has 0 radical (unpaired) electrons. The first-order valence-corrected chi connectivity index (χ1v) is 6.12. The molecule has 2 aromatic rings. The van der Waals surface area contributed by atoms with Crippen molar-refractivity contribution >= 4 is 11.7 Å². The highest BCUT2D eigenvalue weighted by Gasteiger charge is 2.11. The number of amides is 2. The molecule has 0 aliphatic rings. The molecule has 0 aliphatic heterocycles. The average Bonchev–Trinajstić information content (AvgIpc) is 2.46. The second-order valence-electron chi connectivity index (χ2n) is 4.33. The lowest BCUT2D eigenvalue weighted by Gasteiger charge is -2.18. The van der Waals surface area contributed by atoms with Crippen LogP contribution in [0.15, 0.2) is 48.5 Å². The summed E-state index contributed by atoms with van der Waals surface area (Å²) in [7, 11) is 1.60. The van der Waals surface area contributed by atoms with E-state index in [2.05, 4.69) is 5.32 Å². The maximum Gasteiger partial charge on any atom is 0.321 e. The molecule has 20 heavy (non-hydrogen) atoms. The number of anilines is 1. The summed E-state index contributed by atoms with van der Waals surface area (Å²) in [6, 6.07) is 12.2. The largest absolute Gasteiger partial charge is 0.508 e. The van der Waals surface area contributed by atoms with Crippen molar-refractivity contribution in [2.45, 2.75) is 6.54 Å². The molecule has 0 heterocycles. The molecule has 0 spiro atoms. The number of rotatable bonds is 3. The van der Waals surface area contributed by atoms with Crippen LogP contribution in [0.25, 0.3) is 0 Å². The van der Waals surface area contributed by atoms with E-state index in [9.17, 15) is 14.3 Å². The first kappa shape index (κ1) is 13.9. The summed E-state index contributed by atoms with van der Waals surface area (Å²) in [6.07, 6.45) is 0. The monoisotopic (exact) mass is 274 g/mol. The van der Waals surface area contributed by atoms with E-state index in [1.165, 1.54) is 23.1 Å². The fourth-order valence-corrected chi connectivity index (χ4v) is 1.72. The Morgan fingerprint density at radius 1 is 1.20 bits per heavy atom. The lowest BCUT2D eigenvalue weighted by Crippen LogP contribution is -2.36. The van der Waals surface area contributed by atoms with Crippen LogP contribution in [0, 0.1) is 5.82 Å². The lowest BCUT2D eigenvalue weighted by molar-refractivity contribution is 0.247. The standard InChI is InChI=1S/C15H15FN2O2/c1-18(12-6-8-13(19)9-7-12)15(20)17-10-11-4-2-3-5-14(11)16/h2-9,19H,10H2,1H3,(H,17,20). The number of hydrogen-bond donors (Lipinski definition) is 2. The predicted octanol–water partition coefficient (Wildman–Crippen LogP) is 2.88. The van der Waals surface area contributed by atoms with Gasteiger partial charge >= 0.3 is 6.03 Å². The number of phenolic OH excluding ortho intramolecular Hbond substituents is 1. The fraction of sp³-hybridized carbons (Fsp3) is 0.133. The first-order chi connectivity index (χ1) is 9.58. The summed E-state index contributed by atoms with van der Waals surface area (Å²) < 4.78 is 13.4. The van der Waals surface area contributed by atoms with Crippen LogP contribution in [0.4, 0.5) is 14.9 Å². The molecule has 0 bridgehead atoms. The minimum absolute atomic E-state index is 0.119. The SMILES string of the molecule is CN(C(=O)NCc1ccccc1F)c1ccc(O)cc1. The van der Waals surface area contributed by atoms with Gasteiger partial charge < -0.3 is 10.4 Å². The normalized spacial score (nSPS) is 10.1. The molecule has 2 amide bonds. The van der Waals surface area contributed by atoms with Gasteiger partial charge in [-0.2, -0.15) is 0 Å². The van der Waals surface area contributed by atoms with Crippen molar-refractivity contribution < 1.29 is 14.3 Å². The highest BCUT2D eigenvalue weighted by Crippen LogP contribution is 2.17. The van der Waals surface area contributed by atoms with Crippen LogP contribution in [-0.4, -0.2) is 18.2 Å². The smallest absolute Gasteiger partial charge is 0.321 e. The zero-order valence-electron chi connectivity index (χ0n) is 11.0.